The van der Waals surface area contributed by atoms with Crippen LogP contribution in [0.15, 0.2) is 36.4 Å². The smallest absolute Gasteiger partial charge is 0.392 e. The van der Waals surface area contributed by atoms with E-state index in [4.69, 9.17) is 0 Å². The van der Waals surface area contributed by atoms with Crippen molar-refractivity contribution in [1.29, 1.82) is 0 Å². The molecule has 3 rings (SSSR count). The minimum absolute atomic E-state index is 0.131. The molecule has 0 aliphatic carbocycles. The maximum absolute atomic E-state index is 13.3. The fourth-order valence-corrected chi connectivity index (χ4v) is 2.86. The van der Waals surface area contributed by atoms with Gasteiger partial charge in [-0.25, -0.2) is 0 Å². The van der Waals surface area contributed by atoms with E-state index in [-0.39, 0.29) is 12.1 Å². The Morgan fingerprint density at radius 3 is 2.48 bits per heavy atom. The number of alkyl halides is 3. The number of aliphatic hydroxyl groups is 1. The molecule has 0 aliphatic heterocycles. The number of para-hydroxylation sites is 1. The lowest BCUT2D eigenvalue weighted by Crippen LogP contribution is -2.08. The molecule has 0 spiro atoms. The van der Waals surface area contributed by atoms with Gasteiger partial charge >= 0.3 is 6.18 Å². The first kappa shape index (κ1) is 13.9. The van der Waals surface area contributed by atoms with Gasteiger partial charge in [0.1, 0.15) is 0 Å². The van der Waals surface area contributed by atoms with Gasteiger partial charge in [0.25, 0.3) is 0 Å². The molecule has 0 atom stereocenters. The molecule has 0 fully saturated rings. The van der Waals surface area contributed by atoms with Crippen molar-refractivity contribution in [2.75, 3.05) is 0 Å². The standard InChI is InChI=1S/C16H14F3NO/c1-2-20-14-7-6-10(9-21)8-12(14)11-4-3-5-13(15(11)20)16(17,18)19/h3-8,21H,2,9H2,1H3. The topological polar surface area (TPSA) is 25.2 Å². The predicted octanol–water partition coefficient (Wildman–Crippen LogP) is 4.33. The fraction of sp³-hybridized carbons (Fsp3) is 0.250. The lowest BCUT2D eigenvalue weighted by molar-refractivity contribution is -0.136. The van der Waals surface area contributed by atoms with Crippen LogP contribution >= 0.6 is 0 Å². The predicted molar refractivity (Wildman–Crippen MR) is 76.0 cm³/mol. The Labute approximate surface area is 119 Å². The highest BCUT2D eigenvalue weighted by Crippen LogP contribution is 2.39. The molecular formula is C16H14F3NO. The highest BCUT2D eigenvalue weighted by Gasteiger charge is 2.34. The van der Waals surface area contributed by atoms with Crippen LogP contribution in [0, 0.1) is 0 Å². The van der Waals surface area contributed by atoms with E-state index in [2.05, 4.69) is 0 Å². The minimum Gasteiger partial charge on any atom is -0.392 e. The quantitative estimate of drug-likeness (QED) is 0.747. The van der Waals surface area contributed by atoms with Crippen molar-refractivity contribution in [3.05, 3.63) is 47.5 Å². The number of benzene rings is 2. The van der Waals surface area contributed by atoms with E-state index in [0.717, 1.165) is 17.0 Å². The van der Waals surface area contributed by atoms with E-state index in [1.54, 1.807) is 28.8 Å². The van der Waals surface area contributed by atoms with Gasteiger partial charge in [-0.3, -0.25) is 0 Å². The number of aromatic nitrogens is 1. The number of rotatable bonds is 2. The third-order valence-corrected chi connectivity index (χ3v) is 3.75. The van der Waals surface area contributed by atoms with Gasteiger partial charge < -0.3 is 9.67 Å². The van der Waals surface area contributed by atoms with Crippen LogP contribution in [0.1, 0.15) is 18.1 Å². The summed E-state index contributed by atoms with van der Waals surface area (Å²) in [6.07, 6.45) is -4.39. The third kappa shape index (κ3) is 2.08. The summed E-state index contributed by atoms with van der Waals surface area (Å²) in [5.41, 5.74) is 1.03. The Morgan fingerprint density at radius 1 is 1.10 bits per heavy atom. The van der Waals surface area contributed by atoms with Crippen LogP contribution in [0.25, 0.3) is 21.8 Å². The first-order valence-electron chi connectivity index (χ1n) is 6.69. The van der Waals surface area contributed by atoms with Gasteiger partial charge in [0.15, 0.2) is 0 Å². The number of hydrogen-bond acceptors (Lipinski definition) is 1. The summed E-state index contributed by atoms with van der Waals surface area (Å²) < 4.78 is 41.4. The fourth-order valence-electron chi connectivity index (χ4n) is 2.86. The second-order valence-corrected chi connectivity index (χ2v) is 4.95. The van der Waals surface area contributed by atoms with Gasteiger partial charge in [0.2, 0.25) is 0 Å². The van der Waals surface area contributed by atoms with Crippen LogP contribution in [-0.2, 0) is 19.3 Å². The van der Waals surface area contributed by atoms with E-state index >= 15 is 0 Å². The van der Waals surface area contributed by atoms with Crippen molar-refractivity contribution in [1.82, 2.24) is 4.57 Å². The molecule has 0 bridgehead atoms. The average Bonchev–Trinajstić information content (AvgIpc) is 2.78. The Morgan fingerprint density at radius 2 is 1.86 bits per heavy atom. The Balaban J connectivity index is 2.51. The molecule has 5 heteroatoms. The van der Waals surface area contributed by atoms with E-state index in [1.807, 2.05) is 6.92 Å². The number of aliphatic hydroxyl groups excluding tert-OH is 1. The largest absolute Gasteiger partial charge is 0.418 e. The molecule has 1 N–H and O–H groups in total. The molecule has 0 saturated carbocycles. The van der Waals surface area contributed by atoms with Gasteiger partial charge in [-0.1, -0.05) is 18.2 Å². The zero-order valence-corrected chi connectivity index (χ0v) is 11.4. The summed E-state index contributed by atoms with van der Waals surface area (Å²) >= 11 is 0. The van der Waals surface area contributed by atoms with E-state index < -0.39 is 11.7 Å². The molecule has 0 aliphatic rings. The molecule has 0 saturated heterocycles. The normalized spacial score (nSPS) is 12.4. The van der Waals surface area contributed by atoms with Gasteiger partial charge in [-0.2, -0.15) is 13.2 Å². The number of nitrogens with zero attached hydrogens (tertiary/aromatic N) is 1. The molecular weight excluding hydrogens is 279 g/mol. The summed E-state index contributed by atoms with van der Waals surface area (Å²) in [5, 5.41) is 10.5. The van der Waals surface area contributed by atoms with Crippen molar-refractivity contribution >= 4 is 21.8 Å². The van der Waals surface area contributed by atoms with Crippen molar-refractivity contribution in [3.63, 3.8) is 0 Å². The molecule has 1 heterocycles. The Kier molecular flexibility index (Phi) is 3.17. The van der Waals surface area contributed by atoms with Crippen LogP contribution in [0.3, 0.4) is 0 Å². The lowest BCUT2D eigenvalue weighted by atomic mass is 10.1. The second kappa shape index (κ2) is 4.77. The number of halogens is 3. The molecule has 0 unspecified atom stereocenters. The van der Waals surface area contributed by atoms with E-state index in [9.17, 15) is 18.3 Å². The van der Waals surface area contributed by atoms with Gasteiger partial charge in [0.05, 0.1) is 17.7 Å². The summed E-state index contributed by atoms with van der Waals surface area (Å²) in [5.74, 6) is 0. The molecule has 0 radical (unpaired) electrons. The van der Waals surface area contributed by atoms with Crippen molar-refractivity contribution < 1.29 is 18.3 Å². The second-order valence-electron chi connectivity index (χ2n) is 4.95. The van der Waals surface area contributed by atoms with E-state index in [0.29, 0.717) is 17.5 Å². The molecule has 3 aromatic rings. The van der Waals surface area contributed by atoms with Crippen LogP contribution in [0.2, 0.25) is 0 Å². The summed E-state index contributed by atoms with van der Waals surface area (Å²) in [6, 6.07) is 9.49. The number of hydrogen-bond donors (Lipinski definition) is 1. The molecule has 110 valence electrons. The van der Waals surface area contributed by atoms with Crippen molar-refractivity contribution in [2.45, 2.75) is 26.3 Å². The monoisotopic (exact) mass is 293 g/mol. The van der Waals surface area contributed by atoms with Gasteiger partial charge in [-0.15, -0.1) is 0 Å². The average molecular weight is 293 g/mol. The lowest BCUT2D eigenvalue weighted by Gasteiger charge is -2.11. The van der Waals surface area contributed by atoms with Gasteiger partial charge in [0, 0.05) is 22.8 Å². The molecule has 2 aromatic carbocycles. The van der Waals surface area contributed by atoms with Crippen LogP contribution in [-0.4, -0.2) is 9.67 Å². The zero-order valence-electron chi connectivity index (χ0n) is 11.4. The minimum atomic E-state index is -4.39. The molecule has 0 amide bonds. The Bertz CT molecular complexity index is 818. The third-order valence-electron chi connectivity index (χ3n) is 3.75. The van der Waals surface area contributed by atoms with Crippen molar-refractivity contribution in [3.8, 4) is 0 Å². The van der Waals surface area contributed by atoms with E-state index in [1.165, 1.54) is 6.07 Å². The molecule has 2 nitrogen and oxygen atoms in total. The van der Waals surface area contributed by atoms with Crippen LogP contribution in [0.5, 0.6) is 0 Å². The number of aryl methyl sites for hydroxylation is 1. The molecule has 21 heavy (non-hydrogen) atoms. The Hall–Kier alpha value is -2.01. The first-order chi connectivity index (χ1) is 9.97. The van der Waals surface area contributed by atoms with Gasteiger partial charge in [-0.05, 0) is 30.7 Å². The maximum Gasteiger partial charge on any atom is 0.418 e. The SMILES string of the molecule is CCn1c2ccc(CO)cc2c2cccc(C(F)(F)F)c21. The maximum atomic E-state index is 13.3. The number of fused-ring (bicyclic) bond motifs is 3. The summed E-state index contributed by atoms with van der Waals surface area (Å²) in [6.45, 7) is 2.14. The van der Waals surface area contributed by atoms with Crippen LogP contribution in [0.4, 0.5) is 13.2 Å². The zero-order chi connectivity index (χ0) is 15.2. The molecule has 1 aromatic heterocycles. The highest BCUT2D eigenvalue weighted by atomic mass is 19.4. The summed E-state index contributed by atoms with van der Waals surface area (Å²) in [7, 11) is 0. The summed E-state index contributed by atoms with van der Waals surface area (Å²) in [4.78, 5) is 0. The van der Waals surface area contributed by atoms with Crippen molar-refractivity contribution in [2.24, 2.45) is 0 Å². The highest BCUT2D eigenvalue weighted by molar-refractivity contribution is 6.09. The van der Waals surface area contributed by atoms with Crippen LogP contribution < -0.4 is 0 Å². The first-order valence-corrected chi connectivity index (χ1v) is 6.69.